The Morgan fingerprint density at radius 2 is 1.88 bits per heavy atom. The minimum Gasteiger partial charge on any atom is -0.496 e. The molecule has 0 radical (unpaired) electrons. The first-order chi connectivity index (χ1) is 19.0. The maximum Gasteiger partial charge on any atom is 0.344 e. The van der Waals surface area contributed by atoms with E-state index < -0.39 is 28.2 Å². The van der Waals surface area contributed by atoms with Crippen LogP contribution in [0, 0.1) is 17.0 Å². The van der Waals surface area contributed by atoms with Gasteiger partial charge in [0.05, 0.1) is 29.2 Å². The Hall–Kier alpha value is -5.06. The normalized spacial score (nSPS) is 12.2. The number of rotatable bonds is 9. The second-order valence-electron chi connectivity index (χ2n) is 9.43. The maximum absolute atomic E-state index is 13.7. The zero-order chi connectivity index (χ0) is 29.1. The van der Waals surface area contributed by atoms with Crippen molar-refractivity contribution in [3.63, 3.8) is 0 Å². The summed E-state index contributed by atoms with van der Waals surface area (Å²) in [6, 6.07) is 14.8. The number of aromatic nitrogens is 2. The lowest BCUT2D eigenvalue weighted by Gasteiger charge is -2.17. The third-order valence-corrected chi connectivity index (χ3v) is 6.37. The van der Waals surface area contributed by atoms with Crippen molar-refractivity contribution >= 4 is 28.8 Å². The predicted octanol–water partition coefficient (Wildman–Crippen LogP) is 5.15. The van der Waals surface area contributed by atoms with E-state index in [1.54, 1.807) is 31.4 Å². The molecule has 0 saturated carbocycles. The van der Waals surface area contributed by atoms with Gasteiger partial charge in [-0.15, -0.1) is 0 Å². The number of hydrogen-bond donors (Lipinski definition) is 1. The Morgan fingerprint density at radius 1 is 1.15 bits per heavy atom. The van der Waals surface area contributed by atoms with Crippen LogP contribution in [-0.4, -0.2) is 45.1 Å². The summed E-state index contributed by atoms with van der Waals surface area (Å²) in [4.78, 5) is 40.9. The maximum atomic E-state index is 13.7. The van der Waals surface area contributed by atoms with Crippen molar-refractivity contribution in [2.45, 2.75) is 39.7 Å². The number of aliphatic carboxylic acids is 1. The standard InChI is InChI=1S/C29H28N4O7/c1-16(2)21-14-22(17(3)13-25(21)39-5)27-31-23-11-7-6-10-20(23)28(34)32(27)30-15-19-9-8-12-24(33(37)38)26(19)40-18(4)29(35)36/h6-16,18H,1-5H3,(H,35,36)/t18-/m0/s1. The monoisotopic (exact) mass is 544 g/mol. The molecule has 1 aromatic heterocycles. The first-order valence-electron chi connectivity index (χ1n) is 12.4. The van der Waals surface area contributed by atoms with Gasteiger partial charge in [-0.2, -0.15) is 9.78 Å². The molecule has 4 rings (SSSR count). The molecule has 11 nitrogen and oxygen atoms in total. The van der Waals surface area contributed by atoms with E-state index in [0.29, 0.717) is 22.2 Å². The number of nitro benzene ring substituents is 1. The highest BCUT2D eigenvalue weighted by Crippen LogP contribution is 2.34. The molecular weight excluding hydrogens is 516 g/mol. The van der Waals surface area contributed by atoms with E-state index in [-0.39, 0.29) is 23.1 Å². The van der Waals surface area contributed by atoms with Gasteiger partial charge in [0.1, 0.15) is 5.75 Å². The van der Waals surface area contributed by atoms with Gasteiger partial charge in [-0.3, -0.25) is 14.9 Å². The van der Waals surface area contributed by atoms with Crippen LogP contribution in [-0.2, 0) is 4.79 Å². The lowest BCUT2D eigenvalue weighted by atomic mass is 9.96. The van der Waals surface area contributed by atoms with Crippen molar-refractivity contribution < 1.29 is 24.3 Å². The largest absolute Gasteiger partial charge is 0.496 e. The first-order valence-corrected chi connectivity index (χ1v) is 12.4. The van der Waals surface area contributed by atoms with E-state index in [2.05, 4.69) is 5.10 Å². The molecule has 0 saturated heterocycles. The number of aryl methyl sites for hydroxylation is 1. The summed E-state index contributed by atoms with van der Waals surface area (Å²) in [5, 5.41) is 25.7. The van der Waals surface area contributed by atoms with Crippen LogP contribution < -0.4 is 15.0 Å². The molecule has 0 amide bonds. The number of nitrogens with zero attached hydrogens (tertiary/aromatic N) is 4. The van der Waals surface area contributed by atoms with Crippen molar-refractivity contribution in [1.82, 2.24) is 9.66 Å². The SMILES string of the molecule is COc1cc(C)c(-c2nc3ccccc3c(=O)n2N=Cc2cccc([N+](=O)[O-])c2O[C@@H](C)C(=O)O)cc1C(C)C. The molecule has 40 heavy (non-hydrogen) atoms. The van der Waals surface area contributed by atoms with Crippen molar-refractivity contribution in [2.75, 3.05) is 7.11 Å². The summed E-state index contributed by atoms with van der Waals surface area (Å²) in [6.45, 7) is 7.18. The van der Waals surface area contributed by atoms with Crippen LogP contribution in [0.3, 0.4) is 0 Å². The Labute approximate surface area is 229 Å². The number of carboxylic acids is 1. The van der Waals surface area contributed by atoms with E-state index in [1.807, 2.05) is 32.9 Å². The number of carboxylic acid groups (broad SMARTS) is 1. The van der Waals surface area contributed by atoms with Crippen LogP contribution in [0.25, 0.3) is 22.3 Å². The highest BCUT2D eigenvalue weighted by atomic mass is 16.6. The molecule has 1 atom stereocenters. The molecule has 0 bridgehead atoms. The van der Waals surface area contributed by atoms with Gasteiger partial charge in [0.15, 0.2) is 11.9 Å². The van der Waals surface area contributed by atoms with Gasteiger partial charge in [0.25, 0.3) is 5.56 Å². The van der Waals surface area contributed by atoms with E-state index >= 15 is 0 Å². The van der Waals surface area contributed by atoms with Gasteiger partial charge in [-0.25, -0.2) is 9.78 Å². The van der Waals surface area contributed by atoms with E-state index in [0.717, 1.165) is 15.8 Å². The van der Waals surface area contributed by atoms with Gasteiger partial charge in [-0.1, -0.05) is 32.0 Å². The second-order valence-corrected chi connectivity index (χ2v) is 9.43. The molecule has 1 heterocycles. The molecule has 0 spiro atoms. The van der Waals surface area contributed by atoms with E-state index in [1.165, 1.54) is 31.3 Å². The molecule has 0 aliphatic carbocycles. The zero-order valence-corrected chi connectivity index (χ0v) is 22.6. The fourth-order valence-corrected chi connectivity index (χ4v) is 4.24. The number of carbonyl (C=O) groups is 1. The third-order valence-electron chi connectivity index (χ3n) is 6.37. The molecule has 0 aliphatic heterocycles. The lowest BCUT2D eigenvalue weighted by molar-refractivity contribution is -0.386. The second kappa shape index (κ2) is 11.4. The van der Waals surface area contributed by atoms with Crippen molar-refractivity contribution in [2.24, 2.45) is 5.10 Å². The van der Waals surface area contributed by atoms with E-state index in [9.17, 15) is 24.8 Å². The van der Waals surface area contributed by atoms with Gasteiger partial charge >= 0.3 is 11.7 Å². The summed E-state index contributed by atoms with van der Waals surface area (Å²) in [6.07, 6.45) is -0.147. The van der Waals surface area contributed by atoms with Crippen LogP contribution in [0.2, 0.25) is 0 Å². The molecule has 0 unspecified atom stereocenters. The van der Waals surface area contributed by atoms with Gasteiger partial charge in [0, 0.05) is 17.2 Å². The average Bonchev–Trinajstić information content (AvgIpc) is 2.92. The number of hydrogen-bond acceptors (Lipinski definition) is 8. The van der Waals surface area contributed by atoms with Gasteiger partial charge < -0.3 is 14.6 Å². The highest BCUT2D eigenvalue weighted by Gasteiger charge is 2.24. The first kappa shape index (κ1) is 28.0. The topological polar surface area (TPSA) is 146 Å². The fourth-order valence-electron chi connectivity index (χ4n) is 4.24. The lowest BCUT2D eigenvalue weighted by Crippen LogP contribution is -2.24. The molecular formula is C29H28N4O7. The minimum atomic E-state index is -1.37. The Balaban J connectivity index is 1.98. The molecule has 1 N–H and O–H groups in total. The van der Waals surface area contributed by atoms with Crippen LogP contribution in [0.4, 0.5) is 5.69 Å². The van der Waals surface area contributed by atoms with Gasteiger partial charge in [-0.05, 0) is 61.2 Å². The van der Waals surface area contributed by atoms with Crippen LogP contribution in [0.15, 0.2) is 64.5 Å². The molecule has 0 aliphatic rings. The Morgan fingerprint density at radius 3 is 2.52 bits per heavy atom. The fraction of sp³-hybridized carbons (Fsp3) is 0.241. The Kier molecular flexibility index (Phi) is 7.94. The van der Waals surface area contributed by atoms with Gasteiger partial charge in [0.2, 0.25) is 5.75 Å². The zero-order valence-electron chi connectivity index (χ0n) is 22.6. The van der Waals surface area contributed by atoms with Crippen LogP contribution >= 0.6 is 0 Å². The summed E-state index contributed by atoms with van der Waals surface area (Å²) >= 11 is 0. The molecule has 0 fully saturated rings. The third kappa shape index (κ3) is 5.39. The van der Waals surface area contributed by atoms with Crippen molar-refractivity contribution in [1.29, 1.82) is 0 Å². The van der Waals surface area contributed by atoms with E-state index in [4.69, 9.17) is 14.5 Å². The highest BCUT2D eigenvalue weighted by molar-refractivity contribution is 5.87. The molecule has 3 aromatic carbocycles. The average molecular weight is 545 g/mol. The van der Waals surface area contributed by atoms with Crippen LogP contribution in [0.1, 0.15) is 43.4 Å². The summed E-state index contributed by atoms with van der Waals surface area (Å²) < 4.78 is 12.1. The smallest absolute Gasteiger partial charge is 0.344 e. The predicted molar refractivity (Wildman–Crippen MR) is 151 cm³/mol. The molecule has 4 aromatic rings. The number of benzene rings is 3. The molecule has 11 heteroatoms. The number of fused-ring (bicyclic) bond motifs is 1. The van der Waals surface area contributed by atoms with Crippen molar-refractivity contribution in [3.8, 4) is 22.9 Å². The number of ether oxygens (including phenoxy) is 2. The summed E-state index contributed by atoms with van der Waals surface area (Å²) in [5.74, 6) is -0.500. The number of nitro groups is 1. The summed E-state index contributed by atoms with van der Waals surface area (Å²) in [7, 11) is 1.60. The van der Waals surface area contributed by atoms with Crippen LogP contribution in [0.5, 0.6) is 11.5 Å². The molecule has 206 valence electrons. The summed E-state index contributed by atoms with van der Waals surface area (Å²) in [5.41, 5.74) is 2.06. The Bertz CT molecular complexity index is 1710. The number of methoxy groups -OCH3 is 1. The quantitative estimate of drug-likeness (QED) is 0.173. The number of para-hydroxylation sites is 2. The van der Waals surface area contributed by atoms with Crippen molar-refractivity contribution in [3.05, 3.63) is 91.8 Å². The minimum absolute atomic E-state index is 0.110.